The predicted molar refractivity (Wildman–Crippen MR) is 82.7 cm³/mol. The van der Waals surface area contributed by atoms with E-state index >= 15 is 0 Å². The molecule has 0 aliphatic heterocycles. The zero-order valence-electron chi connectivity index (χ0n) is 12.9. The van der Waals surface area contributed by atoms with Gasteiger partial charge in [0.2, 0.25) is 5.95 Å². The smallest absolute Gasteiger partial charge is 0.231 e. The fourth-order valence-electron chi connectivity index (χ4n) is 3.09. The van der Waals surface area contributed by atoms with Crippen LogP contribution < -0.4 is 4.90 Å². The van der Waals surface area contributed by atoms with E-state index in [0.717, 1.165) is 43.1 Å². The van der Waals surface area contributed by atoms with E-state index in [1.54, 1.807) is 12.1 Å². The molecule has 1 N–H and O–H groups in total. The van der Waals surface area contributed by atoms with Crippen molar-refractivity contribution in [2.75, 3.05) is 11.9 Å². The van der Waals surface area contributed by atoms with Crippen LogP contribution in [-0.2, 0) is 7.05 Å². The molecule has 0 radical (unpaired) electrons. The maximum atomic E-state index is 13.0. The minimum atomic E-state index is -0.253. The van der Waals surface area contributed by atoms with Crippen LogP contribution in [0.4, 0.5) is 16.0 Å². The molecular formula is C16H21FN4O. The van der Waals surface area contributed by atoms with Gasteiger partial charge in [0.25, 0.3) is 0 Å². The van der Waals surface area contributed by atoms with Crippen molar-refractivity contribution in [1.29, 1.82) is 0 Å². The number of aliphatic hydroxyl groups is 1. The third kappa shape index (κ3) is 2.83. The topological polar surface area (TPSA) is 54.2 Å². The van der Waals surface area contributed by atoms with Gasteiger partial charge >= 0.3 is 0 Å². The summed E-state index contributed by atoms with van der Waals surface area (Å²) in [6.07, 6.45) is 3.34. The lowest BCUT2D eigenvalue weighted by molar-refractivity contribution is 0.121. The molecule has 2 aromatic rings. The van der Waals surface area contributed by atoms with Crippen LogP contribution in [-0.4, -0.2) is 33.0 Å². The molecule has 1 aliphatic rings. The van der Waals surface area contributed by atoms with Crippen LogP contribution in [0.15, 0.2) is 24.3 Å². The van der Waals surface area contributed by atoms with E-state index in [1.807, 2.05) is 23.6 Å². The first-order valence-electron chi connectivity index (χ1n) is 7.63. The van der Waals surface area contributed by atoms with E-state index in [9.17, 15) is 9.50 Å². The van der Waals surface area contributed by atoms with E-state index < -0.39 is 0 Å². The Bertz CT molecular complexity index is 632. The standard InChI is InChI=1S/C16H21FN4O/c1-20(13-7-5-12(17)6-8-13)16-19-18-15(21(16)2)11-3-9-14(22)10-4-11/h5-8,11,14,22H,3-4,9-10H2,1-2H3. The highest BCUT2D eigenvalue weighted by atomic mass is 19.1. The van der Waals surface area contributed by atoms with Gasteiger partial charge in [0, 0.05) is 25.7 Å². The summed E-state index contributed by atoms with van der Waals surface area (Å²) >= 11 is 0. The van der Waals surface area contributed by atoms with Crippen LogP contribution in [0.2, 0.25) is 0 Å². The molecule has 0 unspecified atom stereocenters. The van der Waals surface area contributed by atoms with Crippen molar-refractivity contribution in [3.8, 4) is 0 Å². The molecule has 1 aromatic carbocycles. The average molecular weight is 304 g/mol. The lowest BCUT2D eigenvalue weighted by Crippen LogP contribution is -2.20. The molecule has 1 aliphatic carbocycles. The second-order valence-electron chi connectivity index (χ2n) is 5.96. The van der Waals surface area contributed by atoms with E-state index in [0.29, 0.717) is 5.92 Å². The van der Waals surface area contributed by atoms with Gasteiger partial charge in [-0.25, -0.2) is 4.39 Å². The molecule has 0 atom stereocenters. The van der Waals surface area contributed by atoms with E-state index in [4.69, 9.17) is 0 Å². The Balaban J connectivity index is 1.82. The van der Waals surface area contributed by atoms with E-state index in [2.05, 4.69) is 10.2 Å². The zero-order valence-corrected chi connectivity index (χ0v) is 12.9. The van der Waals surface area contributed by atoms with Crippen LogP contribution in [0.25, 0.3) is 0 Å². The number of halogens is 1. The van der Waals surface area contributed by atoms with Crippen molar-refractivity contribution in [1.82, 2.24) is 14.8 Å². The lowest BCUT2D eigenvalue weighted by atomic mass is 9.87. The Hall–Kier alpha value is -1.95. The molecule has 5 nitrogen and oxygen atoms in total. The molecule has 22 heavy (non-hydrogen) atoms. The van der Waals surface area contributed by atoms with Gasteiger partial charge in [-0.3, -0.25) is 4.57 Å². The van der Waals surface area contributed by atoms with Crippen molar-refractivity contribution >= 4 is 11.6 Å². The fourth-order valence-corrected chi connectivity index (χ4v) is 3.09. The van der Waals surface area contributed by atoms with Crippen LogP contribution in [0.5, 0.6) is 0 Å². The molecule has 6 heteroatoms. The molecule has 0 spiro atoms. The van der Waals surface area contributed by atoms with Gasteiger partial charge in [-0.15, -0.1) is 10.2 Å². The van der Waals surface area contributed by atoms with Crippen molar-refractivity contribution in [3.05, 3.63) is 35.9 Å². The average Bonchev–Trinajstić information content (AvgIpc) is 2.90. The van der Waals surface area contributed by atoms with Gasteiger partial charge in [-0.2, -0.15) is 0 Å². The quantitative estimate of drug-likeness (QED) is 0.947. The largest absolute Gasteiger partial charge is 0.393 e. The monoisotopic (exact) mass is 304 g/mol. The highest BCUT2D eigenvalue weighted by Gasteiger charge is 2.26. The SMILES string of the molecule is CN(c1ccc(F)cc1)c1nnc(C2CCC(O)CC2)n1C. The van der Waals surface area contributed by atoms with Gasteiger partial charge in [-0.05, 0) is 49.9 Å². The maximum Gasteiger partial charge on any atom is 0.231 e. The molecule has 1 heterocycles. The zero-order chi connectivity index (χ0) is 15.7. The van der Waals surface area contributed by atoms with Gasteiger partial charge in [0.1, 0.15) is 11.6 Å². The Kier molecular flexibility index (Phi) is 4.11. The molecule has 1 aromatic heterocycles. The molecule has 1 saturated carbocycles. The molecule has 1 fully saturated rings. The Labute approximate surface area is 129 Å². The third-order valence-electron chi connectivity index (χ3n) is 4.46. The number of aliphatic hydroxyl groups excluding tert-OH is 1. The lowest BCUT2D eigenvalue weighted by Gasteiger charge is -2.25. The second-order valence-corrected chi connectivity index (χ2v) is 5.96. The summed E-state index contributed by atoms with van der Waals surface area (Å²) in [6, 6.07) is 6.32. The Morgan fingerprint density at radius 2 is 1.77 bits per heavy atom. The highest BCUT2D eigenvalue weighted by Crippen LogP contribution is 2.33. The first-order chi connectivity index (χ1) is 10.6. The Morgan fingerprint density at radius 1 is 1.14 bits per heavy atom. The van der Waals surface area contributed by atoms with Gasteiger partial charge in [0.05, 0.1) is 6.10 Å². The summed E-state index contributed by atoms with van der Waals surface area (Å²) in [5.41, 5.74) is 0.863. The number of rotatable bonds is 3. The summed E-state index contributed by atoms with van der Waals surface area (Å²) in [4.78, 5) is 1.90. The number of aromatic nitrogens is 3. The molecule has 118 valence electrons. The third-order valence-corrected chi connectivity index (χ3v) is 4.46. The van der Waals surface area contributed by atoms with Crippen molar-refractivity contribution < 1.29 is 9.50 Å². The maximum absolute atomic E-state index is 13.0. The van der Waals surface area contributed by atoms with Crippen molar-refractivity contribution in [3.63, 3.8) is 0 Å². The second kappa shape index (κ2) is 6.04. The normalized spacial score (nSPS) is 21.8. The first-order valence-corrected chi connectivity index (χ1v) is 7.63. The predicted octanol–water partition coefficient (Wildman–Crippen LogP) is 2.74. The Morgan fingerprint density at radius 3 is 2.41 bits per heavy atom. The van der Waals surface area contributed by atoms with Crippen LogP contribution in [0.3, 0.4) is 0 Å². The number of anilines is 2. The summed E-state index contributed by atoms with van der Waals surface area (Å²) in [7, 11) is 3.85. The minimum absolute atomic E-state index is 0.175. The van der Waals surface area contributed by atoms with E-state index in [1.165, 1.54) is 12.1 Å². The van der Waals surface area contributed by atoms with Crippen LogP contribution >= 0.6 is 0 Å². The van der Waals surface area contributed by atoms with Crippen LogP contribution in [0.1, 0.15) is 37.4 Å². The van der Waals surface area contributed by atoms with Crippen molar-refractivity contribution in [2.24, 2.45) is 7.05 Å². The van der Waals surface area contributed by atoms with E-state index in [-0.39, 0.29) is 11.9 Å². The molecule has 3 rings (SSSR count). The summed E-state index contributed by atoms with van der Waals surface area (Å²) in [6.45, 7) is 0. The fraction of sp³-hybridized carbons (Fsp3) is 0.500. The number of hydrogen-bond acceptors (Lipinski definition) is 4. The van der Waals surface area contributed by atoms with Crippen LogP contribution in [0, 0.1) is 5.82 Å². The number of nitrogens with zero attached hydrogens (tertiary/aromatic N) is 4. The molecular weight excluding hydrogens is 283 g/mol. The molecule has 0 amide bonds. The summed E-state index contributed by atoms with van der Waals surface area (Å²) in [5.74, 6) is 1.77. The number of hydrogen-bond donors (Lipinski definition) is 1. The first kappa shape index (κ1) is 15.0. The van der Waals surface area contributed by atoms with Gasteiger partial charge < -0.3 is 10.0 Å². The highest BCUT2D eigenvalue weighted by molar-refractivity contribution is 5.56. The van der Waals surface area contributed by atoms with Gasteiger partial charge in [0.15, 0.2) is 0 Å². The molecule has 0 bridgehead atoms. The minimum Gasteiger partial charge on any atom is -0.393 e. The summed E-state index contributed by atoms with van der Waals surface area (Å²) in [5, 5.41) is 18.3. The summed E-state index contributed by atoms with van der Waals surface area (Å²) < 4.78 is 15.0. The van der Waals surface area contributed by atoms with Gasteiger partial charge in [-0.1, -0.05) is 0 Å². The van der Waals surface area contributed by atoms with Crippen molar-refractivity contribution in [2.45, 2.75) is 37.7 Å². The molecule has 0 saturated heterocycles. The number of benzene rings is 1.